The maximum Gasteiger partial charge on any atom is 0.251 e. The summed E-state index contributed by atoms with van der Waals surface area (Å²) >= 11 is 0. The molecule has 0 radical (unpaired) electrons. The first-order valence-corrected chi connectivity index (χ1v) is 10.5. The Morgan fingerprint density at radius 2 is 1.69 bits per heavy atom. The molecule has 4 rings (SSSR count). The van der Waals surface area contributed by atoms with Gasteiger partial charge in [0.1, 0.15) is 0 Å². The number of nitrogens with one attached hydrogen (secondary N) is 2. The topological polar surface area (TPSA) is 93.8 Å². The number of pyridine rings is 1. The monoisotopic (exact) mass is 430 g/mol. The van der Waals surface area contributed by atoms with E-state index in [0.29, 0.717) is 11.3 Å². The van der Waals surface area contributed by atoms with E-state index in [1.165, 1.54) is 0 Å². The van der Waals surface area contributed by atoms with E-state index in [-0.39, 0.29) is 24.4 Å². The van der Waals surface area contributed by atoms with E-state index in [1.54, 1.807) is 24.5 Å². The zero-order valence-corrected chi connectivity index (χ0v) is 18.6. The highest BCUT2D eigenvalue weighted by atomic mass is 16.2. The third kappa shape index (κ3) is 4.25. The van der Waals surface area contributed by atoms with Gasteiger partial charge < -0.3 is 15.2 Å². The van der Waals surface area contributed by atoms with Gasteiger partial charge in [-0.05, 0) is 70.2 Å². The number of carbonyl (C=O) groups excluding carboxylic acids is 2. The van der Waals surface area contributed by atoms with E-state index >= 15 is 0 Å². The number of amides is 2. The SMILES string of the molecule is Cc1ccc(C)n1-c1ccc(C(=O)NCC(=O)Nc2cnc3c(cnn3C(C)C)c2)cc1. The van der Waals surface area contributed by atoms with Crippen LogP contribution in [0.1, 0.15) is 41.6 Å². The van der Waals surface area contributed by atoms with Gasteiger partial charge in [-0.3, -0.25) is 9.59 Å². The van der Waals surface area contributed by atoms with Gasteiger partial charge in [0, 0.05) is 34.1 Å². The van der Waals surface area contributed by atoms with Crippen molar-refractivity contribution in [1.82, 2.24) is 24.6 Å². The molecule has 3 aromatic heterocycles. The summed E-state index contributed by atoms with van der Waals surface area (Å²) in [7, 11) is 0. The Balaban J connectivity index is 1.36. The Labute approximate surface area is 186 Å². The molecular weight excluding hydrogens is 404 g/mol. The molecule has 0 aliphatic carbocycles. The highest BCUT2D eigenvalue weighted by Gasteiger charge is 2.12. The predicted molar refractivity (Wildman–Crippen MR) is 124 cm³/mol. The minimum atomic E-state index is -0.328. The highest BCUT2D eigenvalue weighted by Crippen LogP contribution is 2.19. The van der Waals surface area contributed by atoms with E-state index in [2.05, 4.69) is 37.4 Å². The van der Waals surface area contributed by atoms with Crippen molar-refractivity contribution in [3.8, 4) is 5.69 Å². The summed E-state index contributed by atoms with van der Waals surface area (Å²) in [4.78, 5) is 29.2. The van der Waals surface area contributed by atoms with E-state index < -0.39 is 0 Å². The maximum atomic E-state index is 12.5. The molecule has 0 aliphatic rings. The lowest BCUT2D eigenvalue weighted by molar-refractivity contribution is -0.115. The van der Waals surface area contributed by atoms with Gasteiger partial charge in [-0.1, -0.05) is 0 Å². The van der Waals surface area contributed by atoms with Crippen molar-refractivity contribution in [2.45, 2.75) is 33.7 Å². The molecule has 2 amide bonds. The minimum absolute atomic E-state index is 0.139. The number of rotatable bonds is 6. The third-order valence-electron chi connectivity index (χ3n) is 5.27. The Kier molecular flexibility index (Phi) is 5.77. The molecule has 32 heavy (non-hydrogen) atoms. The van der Waals surface area contributed by atoms with Gasteiger partial charge in [0.2, 0.25) is 5.91 Å². The van der Waals surface area contributed by atoms with Crippen LogP contribution in [0.4, 0.5) is 5.69 Å². The summed E-state index contributed by atoms with van der Waals surface area (Å²) in [6, 6.07) is 13.4. The number of aryl methyl sites for hydroxylation is 2. The first kappa shape index (κ1) is 21.3. The van der Waals surface area contributed by atoms with Crippen LogP contribution in [0, 0.1) is 13.8 Å². The number of hydrogen-bond donors (Lipinski definition) is 2. The van der Waals surface area contributed by atoms with Crippen LogP contribution in [-0.2, 0) is 4.79 Å². The van der Waals surface area contributed by atoms with Gasteiger partial charge in [0.05, 0.1) is 24.6 Å². The van der Waals surface area contributed by atoms with Gasteiger partial charge in [-0.25, -0.2) is 9.67 Å². The van der Waals surface area contributed by atoms with Gasteiger partial charge in [-0.2, -0.15) is 5.10 Å². The molecule has 4 aromatic rings. The fourth-order valence-electron chi connectivity index (χ4n) is 3.69. The predicted octanol–water partition coefficient (Wildman–Crippen LogP) is 3.79. The Hall–Kier alpha value is -3.94. The Bertz CT molecular complexity index is 1260. The minimum Gasteiger partial charge on any atom is -0.343 e. The number of anilines is 1. The number of aromatic nitrogens is 4. The molecule has 2 N–H and O–H groups in total. The van der Waals surface area contributed by atoms with Gasteiger partial charge in [0.15, 0.2) is 5.65 Å². The lowest BCUT2D eigenvalue weighted by Crippen LogP contribution is -2.32. The standard InChI is InChI=1S/C24H26N6O2/c1-15(2)30-23-19(12-27-30)11-20(13-25-23)28-22(31)14-26-24(32)18-7-9-21(10-8-18)29-16(3)5-6-17(29)4/h5-13,15H,14H2,1-4H3,(H,26,32)(H,28,31). The lowest BCUT2D eigenvalue weighted by atomic mass is 10.2. The number of benzene rings is 1. The van der Waals surface area contributed by atoms with Gasteiger partial charge in [-0.15, -0.1) is 0 Å². The fraction of sp³-hybridized carbons (Fsp3) is 0.250. The number of carbonyl (C=O) groups is 2. The van der Waals surface area contributed by atoms with Crippen molar-refractivity contribution < 1.29 is 9.59 Å². The smallest absolute Gasteiger partial charge is 0.251 e. The van der Waals surface area contributed by atoms with Crippen LogP contribution in [-0.4, -0.2) is 37.7 Å². The summed E-state index contributed by atoms with van der Waals surface area (Å²) in [5, 5.41) is 10.6. The van der Waals surface area contributed by atoms with Crippen LogP contribution >= 0.6 is 0 Å². The fourth-order valence-corrected chi connectivity index (χ4v) is 3.69. The van der Waals surface area contributed by atoms with E-state index in [4.69, 9.17) is 0 Å². The summed E-state index contributed by atoms with van der Waals surface area (Å²) in [6.45, 7) is 8.00. The molecule has 0 saturated heterocycles. The molecule has 0 atom stereocenters. The van der Waals surface area contributed by atoms with Crippen molar-refractivity contribution in [1.29, 1.82) is 0 Å². The molecule has 164 valence electrons. The largest absolute Gasteiger partial charge is 0.343 e. The third-order valence-corrected chi connectivity index (χ3v) is 5.27. The van der Waals surface area contributed by atoms with Crippen LogP contribution in [0.15, 0.2) is 54.9 Å². The van der Waals surface area contributed by atoms with Crippen molar-refractivity contribution in [2.75, 3.05) is 11.9 Å². The van der Waals surface area contributed by atoms with E-state index in [9.17, 15) is 9.59 Å². The van der Waals surface area contributed by atoms with Gasteiger partial charge in [0.25, 0.3) is 5.91 Å². The zero-order valence-electron chi connectivity index (χ0n) is 18.6. The second-order valence-corrected chi connectivity index (χ2v) is 8.05. The average molecular weight is 431 g/mol. The Morgan fingerprint density at radius 1 is 1.00 bits per heavy atom. The quantitative estimate of drug-likeness (QED) is 0.487. The first-order chi connectivity index (χ1) is 15.3. The number of hydrogen-bond acceptors (Lipinski definition) is 4. The van der Waals surface area contributed by atoms with Crippen molar-refractivity contribution in [3.63, 3.8) is 0 Å². The molecule has 3 heterocycles. The molecule has 0 spiro atoms. The first-order valence-electron chi connectivity index (χ1n) is 10.5. The Morgan fingerprint density at radius 3 is 2.34 bits per heavy atom. The average Bonchev–Trinajstić information content (AvgIpc) is 3.34. The van der Waals surface area contributed by atoms with E-state index in [1.807, 2.05) is 50.6 Å². The van der Waals surface area contributed by atoms with Crippen LogP contribution in [0.5, 0.6) is 0 Å². The molecular formula is C24H26N6O2. The molecule has 8 nitrogen and oxygen atoms in total. The van der Waals surface area contributed by atoms with Crippen molar-refractivity contribution >= 4 is 28.5 Å². The molecule has 0 fully saturated rings. The number of nitrogens with zero attached hydrogens (tertiary/aromatic N) is 4. The summed E-state index contributed by atoms with van der Waals surface area (Å²) in [6.07, 6.45) is 3.31. The summed E-state index contributed by atoms with van der Waals surface area (Å²) in [5.74, 6) is -0.634. The maximum absolute atomic E-state index is 12.5. The second kappa shape index (κ2) is 8.66. The normalized spacial score (nSPS) is 11.2. The van der Waals surface area contributed by atoms with E-state index in [0.717, 1.165) is 28.1 Å². The molecule has 0 unspecified atom stereocenters. The second-order valence-electron chi connectivity index (χ2n) is 8.05. The molecule has 0 bridgehead atoms. The van der Waals surface area contributed by atoms with Crippen LogP contribution in [0.25, 0.3) is 16.7 Å². The molecule has 8 heteroatoms. The van der Waals surface area contributed by atoms with Crippen LogP contribution < -0.4 is 10.6 Å². The summed E-state index contributed by atoms with van der Waals surface area (Å²) < 4.78 is 3.94. The molecule has 1 aromatic carbocycles. The molecule has 0 aliphatic heterocycles. The van der Waals surface area contributed by atoms with Crippen molar-refractivity contribution in [2.24, 2.45) is 0 Å². The molecule has 0 saturated carbocycles. The van der Waals surface area contributed by atoms with Gasteiger partial charge >= 0.3 is 0 Å². The highest BCUT2D eigenvalue weighted by molar-refractivity contribution is 5.99. The lowest BCUT2D eigenvalue weighted by Gasteiger charge is -2.11. The van der Waals surface area contributed by atoms with Crippen molar-refractivity contribution in [3.05, 3.63) is 71.8 Å². The zero-order chi connectivity index (χ0) is 22.8. The van der Waals surface area contributed by atoms with Crippen LogP contribution in [0.2, 0.25) is 0 Å². The summed E-state index contributed by atoms with van der Waals surface area (Å²) in [5.41, 5.74) is 5.05. The van der Waals surface area contributed by atoms with Crippen LogP contribution in [0.3, 0.4) is 0 Å². The number of fused-ring (bicyclic) bond motifs is 1.